The largest absolute Gasteiger partial charge is 0.0654 e. The maximum atomic E-state index is 2.47. The lowest BCUT2D eigenvalue weighted by Crippen LogP contribution is -2.14. The molecule has 1 saturated carbocycles. The molecule has 23 heavy (non-hydrogen) atoms. The first-order valence-corrected chi connectivity index (χ1v) is 10.3. The topological polar surface area (TPSA) is 0 Å². The number of hydrogen-bond donors (Lipinski definition) is 0. The Balaban J connectivity index is 1.83. The van der Waals surface area contributed by atoms with Gasteiger partial charge in [0.15, 0.2) is 0 Å². The standard InChI is InChI=1S/C23H38/c1-4-6-8-10-20-12-15-22(16-13-20)23-17-14-21(18-19(23)3)11-9-7-5-2/h14,17-18,20,22H,4-13,15-16H2,1-3H3/t20-,22-. The van der Waals surface area contributed by atoms with Gasteiger partial charge in [-0.3, -0.25) is 0 Å². The molecule has 0 atom stereocenters. The fraction of sp³-hybridized carbons (Fsp3) is 0.739. The van der Waals surface area contributed by atoms with Gasteiger partial charge in [0.2, 0.25) is 0 Å². The van der Waals surface area contributed by atoms with E-state index in [1.54, 1.807) is 16.7 Å². The molecule has 0 unspecified atom stereocenters. The average Bonchev–Trinajstić information content (AvgIpc) is 2.56. The van der Waals surface area contributed by atoms with Crippen LogP contribution in [0.3, 0.4) is 0 Å². The van der Waals surface area contributed by atoms with Crippen LogP contribution in [0.15, 0.2) is 18.2 Å². The van der Waals surface area contributed by atoms with Gasteiger partial charge < -0.3 is 0 Å². The smallest absolute Gasteiger partial charge is 0.0159 e. The third-order valence-corrected chi connectivity index (χ3v) is 5.91. The van der Waals surface area contributed by atoms with Gasteiger partial charge in [-0.1, -0.05) is 70.6 Å². The van der Waals surface area contributed by atoms with Crippen LogP contribution in [0.2, 0.25) is 0 Å². The molecule has 0 nitrogen and oxygen atoms in total. The molecule has 0 amide bonds. The van der Waals surface area contributed by atoms with Gasteiger partial charge in [-0.2, -0.15) is 0 Å². The van der Waals surface area contributed by atoms with Crippen LogP contribution in [0.1, 0.15) is 107 Å². The van der Waals surface area contributed by atoms with Crippen LogP contribution in [0.5, 0.6) is 0 Å². The van der Waals surface area contributed by atoms with E-state index in [2.05, 4.69) is 39.0 Å². The van der Waals surface area contributed by atoms with Crippen LogP contribution in [0, 0.1) is 12.8 Å². The number of hydrogen-bond acceptors (Lipinski definition) is 0. The monoisotopic (exact) mass is 314 g/mol. The van der Waals surface area contributed by atoms with E-state index in [9.17, 15) is 0 Å². The summed E-state index contributed by atoms with van der Waals surface area (Å²) in [5.41, 5.74) is 4.75. The maximum absolute atomic E-state index is 2.47. The van der Waals surface area contributed by atoms with Crippen molar-refractivity contribution >= 4 is 0 Å². The lowest BCUT2D eigenvalue weighted by Gasteiger charge is -2.30. The molecule has 0 bridgehead atoms. The quantitative estimate of drug-likeness (QED) is 0.412. The Morgan fingerprint density at radius 2 is 1.57 bits per heavy atom. The second-order valence-electron chi connectivity index (χ2n) is 7.86. The van der Waals surface area contributed by atoms with Crippen molar-refractivity contribution in [1.29, 1.82) is 0 Å². The molecule has 1 aromatic rings. The summed E-state index contributed by atoms with van der Waals surface area (Å²) in [6.45, 7) is 6.94. The van der Waals surface area contributed by atoms with Crippen molar-refractivity contribution in [2.45, 2.75) is 104 Å². The Hall–Kier alpha value is -0.780. The second kappa shape index (κ2) is 10.2. The van der Waals surface area contributed by atoms with Crippen molar-refractivity contribution in [3.8, 4) is 0 Å². The average molecular weight is 315 g/mol. The highest BCUT2D eigenvalue weighted by atomic mass is 14.3. The van der Waals surface area contributed by atoms with Gasteiger partial charge in [0.25, 0.3) is 0 Å². The van der Waals surface area contributed by atoms with Crippen LogP contribution in [0.4, 0.5) is 0 Å². The van der Waals surface area contributed by atoms with Crippen LogP contribution in [0.25, 0.3) is 0 Å². The Morgan fingerprint density at radius 1 is 0.870 bits per heavy atom. The Labute approximate surface area is 145 Å². The molecular formula is C23H38. The van der Waals surface area contributed by atoms with Gasteiger partial charge in [0.1, 0.15) is 0 Å². The molecule has 0 heterocycles. The summed E-state index contributed by atoms with van der Waals surface area (Å²) in [6.07, 6.45) is 16.8. The van der Waals surface area contributed by atoms with Gasteiger partial charge in [-0.15, -0.1) is 0 Å². The summed E-state index contributed by atoms with van der Waals surface area (Å²) >= 11 is 0. The fourth-order valence-electron chi connectivity index (χ4n) is 4.38. The zero-order valence-corrected chi connectivity index (χ0v) is 15.9. The maximum Gasteiger partial charge on any atom is -0.0159 e. The van der Waals surface area contributed by atoms with Gasteiger partial charge in [-0.25, -0.2) is 0 Å². The van der Waals surface area contributed by atoms with E-state index in [-0.39, 0.29) is 0 Å². The van der Waals surface area contributed by atoms with Crippen molar-refractivity contribution in [3.63, 3.8) is 0 Å². The molecule has 2 rings (SSSR count). The summed E-state index contributed by atoms with van der Waals surface area (Å²) in [7, 11) is 0. The zero-order chi connectivity index (χ0) is 16.5. The van der Waals surface area contributed by atoms with Crippen LogP contribution in [-0.2, 0) is 6.42 Å². The third kappa shape index (κ3) is 5.98. The number of unbranched alkanes of at least 4 members (excludes halogenated alkanes) is 4. The lowest BCUT2D eigenvalue weighted by molar-refractivity contribution is 0.302. The molecule has 0 aromatic heterocycles. The summed E-state index contributed by atoms with van der Waals surface area (Å²) in [6, 6.07) is 7.34. The minimum Gasteiger partial charge on any atom is -0.0654 e. The lowest BCUT2D eigenvalue weighted by atomic mass is 9.76. The minimum absolute atomic E-state index is 0.835. The van der Waals surface area contributed by atoms with Crippen LogP contribution >= 0.6 is 0 Å². The van der Waals surface area contributed by atoms with Crippen molar-refractivity contribution in [3.05, 3.63) is 34.9 Å². The summed E-state index contributed by atoms with van der Waals surface area (Å²) in [5, 5.41) is 0. The highest BCUT2D eigenvalue weighted by molar-refractivity contribution is 5.34. The SMILES string of the molecule is CCCCCc1ccc([C@H]2CC[C@H](CCCCC)CC2)c(C)c1. The summed E-state index contributed by atoms with van der Waals surface area (Å²) in [5.74, 6) is 1.86. The molecule has 0 aliphatic heterocycles. The molecule has 0 heteroatoms. The fourth-order valence-corrected chi connectivity index (χ4v) is 4.38. The minimum atomic E-state index is 0.835. The molecule has 1 aliphatic carbocycles. The Kier molecular flexibility index (Phi) is 8.20. The van der Waals surface area contributed by atoms with E-state index < -0.39 is 0 Å². The first-order valence-electron chi connectivity index (χ1n) is 10.3. The first kappa shape index (κ1) is 18.6. The number of aryl methyl sites for hydroxylation is 2. The van der Waals surface area contributed by atoms with Crippen LogP contribution < -0.4 is 0 Å². The van der Waals surface area contributed by atoms with E-state index in [0.29, 0.717) is 0 Å². The van der Waals surface area contributed by atoms with Gasteiger partial charge in [-0.05, 0) is 74.0 Å². The van der Waals surface area contributed by atoms with Gasteiger partial charge in [0, 0.05) is 0 Å². The van der Waals surface area contributed by atoms with Crippen LogP contribution in [-0.4, -0.2) is 0 Å². The highest BCUT2D eigenvalue weighted by Gasteiger charge is 2.23. The van der Waals surface area contributed by atoms with Gasteiger partial charge in [0.05, 0.1) is 0 Å². The number of benzene rings is 1. The second-order valence-corrected chi connectivity index (χ2v) is 7.86. The molecule has 130 valence electrons. The van der Waals surface area contributed by atoms with Crippen molar-refractivity contribution in [1.82, 2.24) is 0 Å². The molecule has 1 aliphatic rings. The molecule has 0 radical (unpaired) electrons. The highest BCUT2D eigenvalue weighted by Crippen LogP contribution is 2.39. The van der Waals surface area contributed by atoms with E-state index in [1.165, 1.54) is 77.0 Å². The Bertz CT molecular complexity index is 437. The Morgan fingerprint density at radius 3 is 2.22 bits per heavy atom. The molecule has 0 N–H and O–H groups in total. The number of rotatable bonds is 9. The molecule has 1 fully saturated rings. The van der Waals surface area contributed by atoms with E-state index >= 15 is 0 Å². The first-order chi connectivity index (χ1) is 11.2. The van der Waals surface area contributed by atoms with Crippen molar-refractivity contribution < 1.29 is 0 Å². The van der Waals surface area contributed by atoms with Gasteiger partial charge >= 0.3 is 0 Å². The van der Waals surface area contributed by atoms with E-state index in [0.717, 1.165) is 11.8 Å². The summed E-state index contributed by atoms with van der Waals surface area (Å²) < 4.78 is 0. The zero-order valence-electron chi connectivity index (χ0n) is 15.9. The van der Waals surface area contributed by atoms with Crippen molar-refractivity contribution in [2.24, 2.45) is 5.92 Å². The molecule has 0 saturated heterocycles. The normalized spacial score (nSPS) is 21.5. The van der Waals surface area contributed by atoms with Crippen molar-refractivity contribution in [2.75, 3.05) is 0 Å². The van der Waals surface area contributed by atoms with E-state index in [4.69, 9.17) is 0 Å². The van der Waals surface area contributed by atoms with E-state index in [1.807, 2.05) is 0 Å². The summed E-state index contributed by atoms with van der Waals surface area (Å²) in [4.78, 5) is 0. The molecular weight excluding hydrogens is 276 g/mol. The molecule has 1 aromatic carbocycles. The third-order valence-electron chi connectivity index (χ3n) is 5.91. The molecule has 0 spiro atoms. The predicted molar refractivity (Wildman–Crippen MR) is 103 cm³/mol. The predicted octanol–water partition coefficient (Wildman–Crippen LogP) is 7.58.